The quantitative estimate of drug-likeness (QED) is 0.867. The number of nitrogens with zero attached hydrogens (tertiary/aromatic N) is 1. The van der Waals surface area contributed by atoms with E-state index < -0.39 is 0 Å². The Morgan fingerprint density at radius 3 is 2.29 bits per heavy atom. The minimum atomic E-state index is 0.151. The van der Waals surface area contributed by atoms with E-state index in [-0.39, 0.29) is 6.04 Å². The van der Waals surface area contributed by atoms with Crippen LogP contribution in [0.2, 0.25) is 0 Å². The van der Waals surface area contributed by atoms with E-state index in [1.54, 1.807) is 0 Å². The molecule has 2 N–H and O–H groups in total. The maximum atomic E-state index is 5.99. The normalized spacial score (nSPS) is 12.3. The van der Waals surface area contributed by atoms with E-state index in [2.05, 4.69) is 78.1 Å². The zero-order chi connectivity index (χ0) is 15.6. The molecule has 0 aliphatic heterocycles. The average Bonchev–Trinajstić information content (AvgIpc) is 2.38. The van der Waals surface area contributed by atoms with Gasteiger partial charge in [0, 0.05) is 28.9 Å². The van der Waals surface area contributed by atoms with Crippen LogP contribution in [0.4, 0.5) is 11.4 Å². The lowest BCUT2D eigenvalue weighted by molar-refractivity contribution is 0.737. The van der Waals surface area contributed by atoms with Crippen LogP contribution in [0.25, 0.3) is 0 Å². The molecule has 3 heteroatoms. The Hall–Kier alpha value is -1.32. The summed E-state index contributed by atoms with van der Waals surface area (Å²) in [4.78, 5) is 2.24. The van der Waals surface area contributed by atoms with E-state index >= 15 is 0 Å². The predicted octanol–water partition coefficient (Wildman–Crippen LogP) is 4.72. The summed E-state index contributed by atoms with van der Waals surface area (Å²) >= 11 is 3.57. The van der Waals surface area contributed by atoms with E-state index in [0.29, 0.717) is 0 Å². The fourth-order valence-corrected chi connectivity index (χ4v) is 3.00. The molecule has 2 aromatic carbocycles. The van der Waals surface area contributed by atoms with E-state index in [0.717, 1.165) is 10.9 Å². The molecule has 2 rings (SSSR count). The van der Waals surface area contributed by atoms with Gasteiger partial charge in [0.1, 0.15) is 0 Å². The lowest BCUT2D eigenvalue weighted by Gasteiger charge is -2.24. The molecule has 0 aliphatic carbocycles. The molecular formula is C18H23BrN2. The lowest BCUT2D eigenvalue weighted by atomic mass is 10.0. The Morgan fingerprint density at radius 1 is 1.10 bits per heavy atom. The molecule has 0 aromatic heterocycles. The van der Waals surface area contributed by atoms with Gasteiger partial charge in [0.15, 0.2) is 0 Å². The van der Waals surface area contributed by atoms with Crippen molar-refractivity contribution in [3.05, 3.63) is 57.6 Å². The van der Waals surface area contributed by atoms with Crippen molar-refractivity contribution in [1.29, 1.82) is 0 Å². The second-order valence-electron chi connectivity index (χ2n) is 5.86. The van der Waals surface area contributed by atoms with Crippen LogP contribution in [0.15, 0.2) is 40.9 Å². The van der Waals surface area contributed by atoms with Crippen molar-refractivity contribution in [2.45, 2.75) is 33.2 Å². The Morgan fingerprint density at radius 2 is 1.71 bits per heavy atom. The van der Waals surface area contributed by atoms with Gasteiger partial charge in [-0.2, -0.15) is 0 Å². The van der Waals surface area contributed by atoms with Gasteiger partial charge in [-0.1, -0.05) is 28.1 Å². The third-order valence-electron chi connectivity index (χ3n) is 3.54. The van der Waals surface area contributed by atoms with Gasteiger partial charge in [-0.3, -0.25) is 0 Å². The number of hydrogen-bond donors (Lipinski definition) is 1. The van der Waals surface area contributed by atoms with Crippen LogP contribution in [0.5, 0.6) is 0 Å². The summed E-state index contributed by atoms with van der Waals surface area (Å²) in [5.41, 5.74) is 12.2. The summed E-state index contributed by atoms with van der Waals surface area (Å²) in [7, 11) is 2.11. The van der Waals surface area contributed by atoms with Crippen LogP contribution in [0.1, 0.15) is 23.6 Å². The fourth-order valence-electron chi connectivity index (χ4n) is 2.65. The standard InChI is InChI=1S/C18H23BrN2/c1-12-7-13(2)9-17(8-12)21(4)18-11-16(19)6-5-15(18)10-14(3)20/h5-9,11,14H,10,20H2,1-4H3. The van der Waals surface area contributed by atoms with Crippen molar-refractivity contribution in [3.8, 4) is 0 Å². The molecule has 0 saturated heterocycles. The number of aryl methyl sites for hydroxylation is 2. The highest BCUT2D eigenvalue weighted by Gasteiger charge is 2.12. The van der Waals surface area contributed by atoms with Crippen LogP contribution >= 0.6 is 15.9 Å². The van der Waals surface area contributed by atoms with Crippen LogP contribution < -0.4 is 10.6 Å². The van der Waals surface area contributed by atoms with E-state index in [4.69, 9.17) is 5.73 Å². The van der Waals surface area contributed by atoms with Crippen molar-refractivity contribution in [2.75, 3.05) is 11.9 Å². The average molecular weight is 347 g/mol. The summed E-state index contributed by atoms with van der Waals surface area (Å²) in [5, 5.41) is 0. The van der Waals surface area contributed by atoms with E-state index in [1.807, 2.05) is 6.92 Å². The van der Waals surface area contributed by atoms with Gasteiger partial charge in [0.25, 0.3) is 0 Å². The molecule has 1 unspecified atom stereocenters. The maximum absolute atomic E-state index is 5.99. The van der Waals surface area contributed by atoms with Gasteiger partial charge in [-0.15, -0.1) is 0 Å². The lowest BCUT2D eigenvalue weighted by Crippen LogP contribution is -2.20. The molecule has 0 bridgehead atoms. The second kappa shape index (κ2) is 6.63. The summed E-state index contributed by atoms with van der Waals surface area (Å²) in [6.07, 6.45) is 0.873. The van der Waals surface area contributed by atoms with Crippen molar-refractivity contribution in [1.82, 2.24) is 0 Å². The topological polar surface area (TPSA) is 29.3 Å². The van der Waals surface area contributed by atoms with Crippen molar-refractivity contribution >= 4 is 27.3 Å². The van der Waals surface area contributed by atoms with Gasteiger partial charge < -0.3 is 10.6 Å². The SMILES string of the molecule is Cc1cc(C)cc(N(C)c2cc(Br)ccc2CC(C)N)c1. The molecule has 2 aromatic rings. The number of halogens is 1. The Labute approximate surface area is 136 Å². The predicted molar refractivity (Wildman–Crippen MR) is 95.5 cm³/mol. The molecule has 0 amide bonds. The zero-order valence-corrected chi connectivity index (χ0v) is 14.7. The Kier molecular flexibility index (Phi) is 5.07. The molecule has 1 atom stereocenters. The highest BCUT2D eigenvalue weighted by atomic mass is 79.9. The first-order chi connectivity index (χ1) is 9.86. The highest BCUT2D eigenvalue weighted by Crippen LogP contribution is 2.31. The first kappa shape index (κ1) is 16.1. The number of benzene rings is 2. The zero-order valence-electron chi connectivity index (χ0n) is 13.2. The summed E-state index contributed by atoms with van der Waals surface area (Å²) < 4.78 is 1.09. The minimum absolute atomic E-state index is 0.151. The van der Waals surface area contributed by atoms with Gasteiger partial charge in [-0.05, 0) is 68.1 Å². The molecule has 2 nitrogen and oxygen atoms in total. The first-order valence-corrected chi connectivity index (χ1v) is 8.02. The Balaban J connectivity index is 2.46. The van der Waals surface area contributed by atoms with Gasteiger partial charge >= 0.3 is 0 Å². The summed E-state index contributed by atoms with van der Waals surface area (Å²) in [5.74, 6) is 0. The number of rotatable bonds is 4. The largest absolute Gasteiger partial charge is 0.344 e. The molecule has 0 radical (unpaired) electrons. The Bertz CT molecular complexity index is 615. The molecule has 112 valence electrons. The van der Waals surface area contributed by atoms with Crippen LogP contribution in [-0.4, -0.2) is 13.1 Å². The molecule has 0 aliphatic rings. The van der Waals surface area contributed by atoms with Gasteiger partial charge in [0.2, 0.25) is 0 Å². The van der Waals surface area contributed by atoms with Crippen molar-refractivity contribution in [2.24, 2.45) is 5.73 Å². The molecule has 0 spiro atoms. The molecule has 0 fully saturated rings. The van der Waals surface area contributed by atoms with E-state index in [1.165, 1.54) is 28.1 Å². The molecule has 21 heavy (non-hydrogen) atoms. The third kappa shape index (κ3) is 4.08. The van der Waals surface area contributed by atoms with Crippen LogP contribution in [0.3, 0.4) is 0 Å². The summed E-state index contributed by atoms with van der Waals surface area (Å²) in [6, 6.07) is 13.2. The number of hydrogen-bond acceptors (Lipinski definition) is 2. The van der Waals surface area contributed by atoms with Crippen molar-refractivity contribution in [3.63, 3.8) is 0 Å². The van der Waals surface area contributed by atoms with E-state index in [9.17, 15) is 0 Å². The molecule has 0 heterocycles. The molecule has 0 saturated carbocycles. The highest BCUT2D eigenvalue weighted by molar-refractivity contribution is 9.10. The second-order valence-corrected chi connectivity index (χ2v) is 6.78. The number of nitrogens with two attached hydrogens (primary N) is 1. The van der Waals surface area contributed by atoms with Crippen LogP contribution in [-0.2, 0) is 6.42 Å². The smallest absolute Gasteiger partial charge is 0.0452 e. The maximum Gasteiger partial charge on any atom is 0.0452 e. The fraction of sp³-hybridized carbons (Fsp3) is 0.333. The van der Waals surface area contributed by atoms with Crippen LogP contribution in [0, 0.1) is 13.8 Å². The van der Waals surface area contributed by atoms with Gasteiger partial charge in [0.05, 0.1) is 0 Å². The number of anilines is 2. The third-order valence-corrected chi connectivity index (χ3v) is 4.04. The monoisotopic (exact) mass is 346 g/mol. The minimum Gasteiger partial charge on any atom is -0.344 e. The summed E-state index contributed by atoms with van der Waals surface area (Å²) in [6.45, 7) is 6.31. The molecular weight excluding hydrogens is 324 g/mol. The first-order valence-electron chi connectivity index (χ1n) is 7.23. The van der Waals surface area contributed by atoms with Crippen molar-refractivity contribution < 1.29 is 0 Å². The van der Waals surface area contributed by atoms with Gasteiger partial charge in [-0.25, -0.2) is 0 Å².